The number of hydrogen-bond acceptors (Lipinski definition) is 3. The van der Waals surface area contributed by atoms with Crippen LogP contribution in [0.4, 0.5) is 4.39 Å². The van der Waals surface area contributed by atoms with Gasteiger partial charge in [-0.15, -0.1) is 0 Å². The fourth-order valence-electron chi connectivity index (χ4n) is 1.54. The minimum atomic E-state index is -0.299. The highest BCUT2D eigenvalue weighted by Crippen LogP contribution is 2.20. The highest BCUT2D eigenvalue weighted by Gasteiger charge is 2.11. The number of nitrogens with zero attached hydrogens (tertiary/aromatic N) is 2. The molecule has 0 aliphatic rings. The summed E-state index contributed by atoms with van der Waals surface area (Å²) in [5.74, 6) is -0.258. The Hall–Kier alpha value is -1.33. The molecule has 1 aromatic carbocycles. The van der Waals surface area contributed by atoms with Crippen molar-refractivity contribution in [3.05, 3.63) is 58.3 Å². The van der Waals surface area contributed by atoms with Crippen LogP contribution in [-0.4, -0.2) is 9.97 Å². The maximum atomic E-state index is 13.6. The molecule has 2 N–H and O–H groups in total. The second kappa shape index (κ2) is 5.33. The molecule has 0 radical (unpaired) electrons. The van der Waals surface area contributed by atoms with Crippen LogP contribution in [-0.2, 0) is 6.42 Å². The maximum Gasteiger partial charge on any atom is 0.127 e. The van der Waals surface area contributed by atoms with Crippen molar-refractivity contribution in [2.45, 2.75) is 12.5 Å². The van der Waals surface area contributed by atoms with Gasteiger partial charge in [0.1, 0.15) is 12.1 Å². The molecule has 88 valence electrons. The highest BCUT2D eigenvalue weighted by atomic mass is 79.9. The summed E-state index contributed by atoms with van der Waals surface area (Å²) in [6.07, 6.45) is 5.16. The van der Waals surface area contributed by atoms with E-state index in [-0.39, 0.29) is 11.9 Å². The molecule has 0 amide bonds. The first-order chi connectivity index (χ1) is 8.16. The van der Waals surface area contributed by atoms with Crippen LogP contribution in [0.5, 0.6) is 0 Å². The lowest BCUT2D eigenvalue weighted by Gasteiger charge is -2.11. The van der Waals surface area contributed by atoms with Gasteiger partial charge in [-0.3, -0.25) is 0 Å². The Balaban J connectivity index is 2.16. The molecule has 0 aliphatic heterocycles. The molecule has 2 rings (SSSR count). The van der Waals surface area contributed by atoms with E-state index in [1.54, 1.807) is 24.5 Å². The van der Waals surface area contributed by atoms with E-state index in [1.165, 1.54) is 12.4 Å². The molecule has 0 saturated heterocycles. The van der Waals surface area contributed by atoms with Gasteiger partial charge < -0.3 is 5.73 Å². The summed E-state index contributed by atoms with van der Waals surface area (Å²) in [5.41, 5.74) is 7.36. The quantitative estimate of drug-likeness (QED) is 0.947. The molecule has 17 heavy (non-hydrogen) atoms. The molecule has 2 aromatic rings. The van der Waals surface area contributed by atoms with E-state index >= 15 is 0 Å². The van der Waals surface area contributed by atoms with Crippen LogP contribution in [0, 0.1) is 5.82 Å². The van der Waals surface area contributed by atoms with Gasteiger partial charge in [0.15, 0.2) is 0 Å². The van der Waals surface area contributed by atoms with E-state index < -0.39 is 0 Å². The van der Waals surface area contributed by atoms with E-state index in [0.29, 0.717) is 12.0 Å². The number of aromatic nitrogens is 2. The predicted octanol–water partition coefficient (Wildman–Crippen LogP) is 2.62. The topological polar surface area (TPSA) is 51.8 Å². The average molecular weight is 296 g/mol. The molecule has 3 nitrogen and oxygen atoms in total. The third-order valence-corrected chi connectivity index (χ3v) is 2.96. The minimum absolute atomic E-state index is 0.258. The normalized spacial score (nSPS) is 12.4. The Morgan fingerprint density at radius 1 is 1.29 bits per heavy atom. The fourth-order valence-corrected chi connectivity index (χ4v) is 1.88. The molecule has 0 spiro atoms. The van der Waals surface area contributed by atoms with E-state index in [1.807, 2.05) is 0 Å². The summed E-state index contributed by atoms with van der Waals surface area (Å²) >= 11 is 3.22. The molecular formula is C12H11BrFN3. The van der Waals surface area contributed by atoms with Gasteiger partial charge in [-0.1, -0.05) is 22.0 Å². The molecule has 1 atom stereocenters. The first-order valence-electron chi connectivity index (χ1n) is 5.11. The molecule has 0 fully saturated rings. The van der Waals surface area contributed by atoms with E-state index in [0.717, 1.165) is 10.0 Å². The highest BCUT2D eigenvalue weighted by molar-refractivity contribution is 9.10. The first kappa shape index (κ1) is 12.1. The summed E-state index contributed by atoms with van der Waals surface area (Å²) < 4.78 is 14.3. The van der Waals surface area contributed by atoms with Crippen molar-refractivity contribution in [2.24, 2.45) is 5.73 Å². The Morgan fingerprint density at radius 2 is 2.00 bits per heavy atom. The number of benzene rings is 1. The summed E-state index contributed by atoms with van der Waals surface area (Å²) in [5, 5.41) is 0. The van der Waals surface area contributed by atoms with Crippen LogP contribution in [0.3, 0.4) is 0 Å². The van der Waals surface area contributed by atoms with Gasteiger partial charge in [0.2, 0.25) is 0 Å². The summed E-state index contributed by atoms with van der Waals surface area (Å²) in [6, 6.07) is 4.66. The Labute approximate surface area is 107 Å². The van der Waals surface area contributed by atoms with Crippen LogP contribution >= 0.6 is 15.9 Å². The maximum absolute atomic E-state index is 13.6. The predicted molar refractivity (Wildman–Crippen MR) is 66.8 cm³/mol. The fraction of sp³-hybridized carbons (Fsp3) is 0.167. The van der Waals surface area contributed by atoms with Gasteiger partial charge in [-0.25, -0.2) is 14.4 Å². The number of halogens is 2. The molecule has 1 unspecified atom stereocenters. The zero-order valence-corrected chi connectivity index (χ0v) is 10.6. The molecular weight excluding hydrogens is 285 g/mol. The zero-order chi connectivity index (χ0) is 12.3. The van der Waals surface area contributed by atoms with Crippen molar-refractivity contribution >= 4 is 15.9 Å². The second-order valence-corrected chi connectivity index (χ2v) is 4.63. The third-order valence-electron chi connectivity index (χ3n) is 2.46. The Kier molecular flexibility index (Phi) is 3.81. The zero-order valence-electron chi connectivity index (χ0n) is 8.98. The Morgan fingerprint density at radius 3 is 2.65 bits per heavy atom. The van der Waals surface area contributed by atoms with Gasteiger partial charge in [0, 0.05) is 28.5 Å². The van der Waals surface area contributed by atoms with Gasteiger partial charge in [-0.2, -0.15) is 0 Å². The molecule has 1 heterocycles. The smallest absolute Gasteiger partial charge is 0.127 e. The van der Waals surface area contributed by atoms with Crippen molar-refractivity contribution < 1.29 is 4.39 Å². The lowest BCUT2D eigenvalue weighted by molar-refractivity contribution is 0.591. The molecule has 5 heteroatoms. The van der Waals surface area contributed by atoms with Crippen molar-refractivity contribution in [3.63, 3.8) is 0 Å². The molecule has 0 bridgehead atoms. The lowest BCUT2D eigenvalue weighted by Crippen LogP contribution is -2.14. The molecule has 0 aliphatic carbocycles. The summed E-state index contributed by atoms with van der Waals surface area (Å²) in [7, 11) is 0. The number of hydrogen-bond donors (Lipinski definition) is 1. The van der Waals surface area contributed by atoms with E-state index in [2.05, 4.69) is 25.9 Å². The molecule has 0 saturated carbocycles. The van der Waals surface area contributed by atoms with Gasteiger partial charge in [0.05, 0.1) is 0 Å². The van der Waals surface area contributed by atoms with E-state index in [9.17, 15) is 4.39 Å². The lowest BCUT2D eigenvalue weighted by atomic mass is 10.0. The van der Waals surface area contributed by atoms with Gasteiger partial charge in [-0.05, 0) is 24.1 Å². The van der Waals surface area contributed by atoms with Crippen LogP contribution < -0.4 is 5.73 Å². The first-order valence-corrected chi connectivity index (χ1v) is 5.90. The second-order valence-electron chi connectivity index (χ2n) is 3.72. The average Bonchev–Trinajstić information content (AvgIpc) is 2.34. The standard InChI is InChI=1S/C12H11BrFN3/c13-10-2-1-8(11(14)4-10)3-12(15)9-5-16-7-17-6-9/h1-2,4-7,12H,3,15H2. The van der Waals surface area contributed by atoms with Gasteiger partial charge >= 0.3 is 0 Å². The minimum Gasteiger partial charge on any atom is -0.324 e. The molecule has 1 aromatic heterocycles. The SMILES string of the molecule is NC(Cc1ccc(Br)cc1F)c1cncnc1. The van der Waals surface area contributed by atoms with Crippen molar-refractivity contribution in [3.8, 4) is 0 Å². The monoisotopic (exact) mass is 295 g/mol. The van der Waals surface area contributed by atoms with Gasteiger partial charge in [0.25, 0.3) is 0 Å². The number of rotatable bonds is 3. The summed E-state index contributed by atoms with van der Waals surface area (Å²) in [6.45, 7) is 0. The number of nitrogens with two attached hydrogens (primary N) is 1. The van der Waals surface area contributed by atoms with Crippen molar-refractivity contribution in [2.75, 3.05) is 0 Å². The van der Waals surface area contributed by atoms with Crippen molar-refractivity contribution in [1.29, 1.82) is 0 Å². The van der Waals surface area contributed by atoms with Crippen LogP contribution in [0.1, 0.15) is 17.2 Å². The summed E-state index contributed by atoms with van der Waals surface area (Å²) in [4.78, 5) is 7.78. The van der Waals surface area contributed by atoms with Crippen molar-refractivity contribution in [1.82, 2.24) is 9.97 Å². The van der Waals surface area contributed by atoms with Crippen LogP contribution in [0.25, 0.3) is 0 Å². The Bertz CT molecular complexity index is 504. The largest absolute Gasteiger partial charge is 0.324 e. The third kappa shape index (κ3) is 3.08. The van der Waals surface area contributed by atoms with Crippen LogP contribution in [0.2, 0.25) is 0 Å². The van der Waals surface area contributed by atoms with E-state index in [4.69, 9.17) is 5.73 Å². The van der Waals surface area contributed by atoms with Crippen LogP contribution in [0.15, 0.2) is 41.4 Å².